The first-order valence-corrected chi connectivity index (χ1v) is 7.83. The summed E-state index contributed by atoms with van der Waals surface area (Å²) in [7, 11) is 0. The Kier molecular flexibility index (Phi) is 3.45. The molecule has 17 heavy (non-hydrogen) atoms. The Labute approximate surface area is 106 Å². The largest absolute Gasteiger partial charge is 0.310 e. The van der Waals surface area contributed by atoms with Gasteiger partial charge in [-0.1, -0.05) is 13.8 Å². The highest BCUT2D eigenvalue weighted by atomic mass is 15.2. The first kappa shape index (κ1) is 12.0. The second-order valence-electron chi connectivity index (χ2n) is 6.44. The number of hydrogen-bond acceptors (Lipinski definition) is 2. The average molecular weight is 236 g/mol. The van der Waals surface area contributed by atoms with Gasteiger partial charge in [-0.3, -0.25) is 4.90 Å². The molecular formula is C15H28N2. The quantitative estimate of drug-likeness (QED) is 0.807. The van der Waals surface area contributed by atoms with Crippen LogP contribution < -0.4 is 5.32 Å². The van der Waals surface area contributed by atoms with Crippen LogP contribution >= 0.6 is 0 Å². The second-order valence-corrected chi connectivity index (χ2v) is 6.44. The Bertz CT molecular complexity index is 254. The molecular weight excluding hydrogens is 208 g/mol. The number of hydrogen-bond donors (Lipinski definition) is 1. The fourth-order valence-corrected chi connectivity index (χ4v) is 4.59. The van der Waals surface area contributed by atoms with E-state index in [-0.39, 0.29) is 0 Å². The van der Waals surface area contributed by atoms with Gasteiger partial charge < -0.3 is 5.32 Å². The maximum Gasteiger partial charge on any atom is 0.0226 e. The zero-order chi connectivity index (χ0) is 11.8. The minimum absolute atomic E-state index is 0.815. The van der Waals surface area contributed by atoms with Crippen LogP contribution in [0.3, 0.4) is 0 Å². The van der Waals surface area contributed by atoms with E-state index in [1.807, 2.05) is 0 Å². The van der Waals surface area contributed by atoms with E-state index >= 15 is 0 Å². The third-order valence-electron chi connectivity index (χ3n) is 5.61. The van der Waals surface area contributed by atoms with Crippen molar-refractivity contribution in [3.05, 3.63) is 0 Å². The summed E-state index contributed by atoms with van der Waals surface area (Å²) in [5, 5.41) is 3.86. The maximum absolute atomic E-state index is 3.86. The molecule has 2 nitrogen and oxygen atoms in total. The molecule has 0 radical (unpaired) electrons. The number of nitrogens with zero attached hydrogens (tertiary/aromatic N) is 1. The van der Waals surface area contributed by atoms with E-state index < -0.39 is 0 Å². The second kappa shape index (κ2) is 4.89. The summed E-state index contributed by atoms with van der Waals surface area (Å²) in [5.74, 6) is 0.996. The highest BCUT2D eigenvalue weighted by Crippen LogP contribution is 2.37. The number of rotatable bonds is 4. The molecule has 0 aromatic rings. The van der Waals surface area contributed by atoms with E-state index in [0.717, 1.165) is 30.1 Å². The van der Waals surface area contributed by atoms with Crippen molar-refractivity contribution < 1.29 is 0 Å². The molecule has 3 fully saturated rings. The van der Waals surface area contributed by atoms with Crippen LogP contribution in [0.25, 0.3) is 0 Å². The first-order valence-electron chi connectivity index (χ1n) is 7.83. The van der Waals surface area contributed by atoms with Crippen LogP contribution in [0.2, 0.25) is 0 Å². The average Bonchev–Trinajstić information content (AvgIpc) is 3.03. The summed E-state index contributed by atoms with van der Waals surface area (Å²) in [5.41, 5.74) is 0. The lowest BCUT2D eigenvalue weighted by Crippen LogP contribution is -2.48. The normalized spacial score (nSPS) is 45.9. The van der Waals surface area contributed by atoms with Gasteiger partial charge in [-0.25, -0.2) is 0 Å². The SMILES string of the molecule is CC[C@@H]1CC[C@@H](CC)N1C[C@@H]1N[C@H]2CC[C@@H]1C2. The van der Waals surface area contributed by atoms with Crippen LogP contribution in [0.4, 0.5) is 0 Å². The topological polar surface area (TPSA) is 15.3 Å². The van der Waals surface area contributed by atoms with Crippen LogP contribution in [0.1, 0.15) is 58.8 Å². The molecule has 2 aliphatic heterocycles. The molecule has 0 spiro atoms. The fourth-order valence-electron chi connectivity index (χ4n) is 4.59. The van der Waals surface area contributed by atoms with Gasteiger partial charge in [-0.15, -0.1) is 0 Å². The Morgan fingerprint density at radius 2 is 1.71 bits per heavy atom. The number of nitrogens with one attached hydrogen (secondary N) is 1. The molecule has 2 heteroatoms. The van der Waals surface area contributed by atoms with Gasteiger partial charge in [-0.2, -0.15) is 0 Å². The van der Waals surface area contributed by atoms with Gasteiger partial charge in [0, 0.05) is 30.7 Å². The monoisotopic (exact) mass is 236 g/mol. The molecule has 1 N–H and O–H groups in total. The lowest BCUT2D eigenvalue weighted by molar-refractivity contribution is 0.150. The van der Waals surface area contributed by atoms with Gasteiger partial charge >= 0.3 is 0 Å². The molecule has 98 valence electrons. The predicted octanol–water partition coefficient (Wildman–Crippen LogP) is 2.78. The zero-order valence-electron chi connectivity index (χ0n) is 11.5. The van der Waals surface area contributed by atoms with Crippen LogP contribution in [0, 0.1) is 5.92 Å². The van der Waals surface area contributed by atoms with Gasteiger partial charge in [0.25, 0.3) is 0 Å². The van der Waals surface area contributed by atoms with Crippen molar-refractivity contribution in [2.24, 2.45) is 5.92 Å². The molecule has 2 saturated heterocycles. The smallest absolute Gasteiger partial charge is 0.0226 e. The Morgan fingerprint density at radius 3 is 2.18 bits per heavy atom. The highest BCUT2D eigenvalue weighted by molar-refractivity contribution is 5.00. The summed E-state index contributed by atoms with van der Waals surface area (Å²) < 4.78 is 0. The molecule has 0 aromatic heterocycles. The molecule has 0 aromatic carbocycles. The van der Waals surface area contributed by atoms with Crippen molar-refractivity contribution >= 4 is 0 Å². The van der Waals surface area contributed by atoms with Crippen molar-refractivity contribution in [3.63, 3.8) is 0 Å². The van der Waals surface area contributed by atoms with Gasteiger partial charge in [0.15, 0.2) is 0 Å². The van der Waals surface area contributed by atoms with Gasteiger partial charge in [0.2, 0.25) is 0 Å². The Balaban J connectivity index is 1.62. The molecule has 2 heterocycles. The Morgan fingerprint density at radius 1 is 1.00 bits per heavy atom. The third-order valence-corrected chi connectivity index (χ3v) is 5.61. The van der Waals surface area contributed by atoms with Crippen molar-refractivity contribution in [2.45, 2.75) is 83.0 Å². The van der Waals surface area contributed by atoms with Crippen molar-refractivity contribution in [1.82, 2.24) is 10.2 Å². The van der Waals surface area contributed by atoms with Crippen molar-refractivity contribution in [1.29, 1.82) is 0 Å². The lowest BCUT2D eigenvalue weighted by atomic mass is 9.98. The molecule has 1 saturated carbocycles. The van der Waals surface area contributed by atoms with Crippen LogP contribution in [-0.2, 0) is 0 Å². The van der Waals surface area contributed by atoms with E-state index in [1.54, 1.807) is 0 Å². The van der Waals surface area contributed by atoms with E-state index in [0.29, 0.717) is 0 Å². The van der Waals surface area contributed by atoms with Crippen LogP contribution in [0.5, 0.6) is 0 Å². The van der Waals surface area contributed by atoms with Crippen LogP contribution in [0.15, 0.2) is 0 Å². The summed E-state index contributed by atoms with van der Waals surface area (Å²) >= 11 is 0. The number of fused-ring (bicyclic) bond motifs is 2. The van der Waals surface area contributed by atoms with Crippen molar-refractivity contribution in [2.75, 3.05) is 6.54 Å². The minimum atomic E-state index is 0.815. The van der Waals surface area contributed by atoms with E-state index in [9.17, 15) is 0 Å². The van der Waals surface area contributed by atoms with E-state index in [2.05, 4.69) is 24.1 Å². The standard InChI is InChI=1S/C15H28N2/c1-3-13-7-8-14(4-2)17(13)10-15-11-5-6-12(9-11)16-15/h11-16H,3-10H2,1-2H3/t11-,12+,13-,14-,15+/m1/s1. The summed E-state index contributed by atoms with van der Waals surface area (Å²) in [4.78, 5) is 2.85. The highest BCUT2D eigenvalue weighted by Gasteiger charge is 2.42. The zero-order valence-corrected chi connectivity index (χ0v) is 11.5. The summed E-state index contributed by atoms with van der Waals surface area (Å²) in [6, 6.07) is 3.43. The molecule has 1 aliphatic carbocycles. The molecule has 2 bridgehead atoms. The Hall–Kier alpha value is -0.0800. The van der Waals surface area contributed by atoms with E-state index in [4.69, 9.17) is 0 Å². The van der Waals surface area contributed by atoms with Crippen molar-refractivity contribution in [3.8, 4) is 0 Å². The number of piperidine rings is 1. The first-order chi connectivity index (χ1) is 8.31. The molecule has 3 aliphatic rings. The van der Waals surface area contributed by atoms with Crippen LogP contribution in [-0.4, -0.2) is 35.6 Å². The predicted molar refractivity (Wildman–Crippen MR) is 72.2 cm³/mol. The van der Waals surface area contributed by atoms with E-state index in [1.165, 1.54) is 51.5 Å². The van der Waals surface area contributed by atoms with Gasteiger partial charge in [0.1, 0.15) is 0 Å². The lowest BCUT2D eigenvalue weighted by Gasteiger charge is -2.34. The molecule has 3 rings (SSSR count). The molecule has 0 amide bonds. The third kappa shape index (κ3) is 2.15. The molecule has 0 unspecified atom stereocenters. The number of likely N-dealkylation sites (tertiary alicyclic amines) is 1. The van der Waals surface area contributed by atoms with Gasteiger partial charge in [0.05, 0.1) is 0 Å². The van der Waals surface area contributed by atoms with Gasteiger partial charge in [-0.05, 0) is 50.9 Å². The minimum Gasteiger partial charge on any atom is -0.310 e. The molecule has 5 atom stereocenters. The summed E-state index contributed by atoms with van der Waals surface area (Å²) in [6.07, 6.45) is 9.96. The summed E-state index contributed by atoms with van der Waals surface area (Å²) in [6.45, 7) is 6.06. The maximum atomic E-state index is 3.86. The fraction of sp³-hybridized carbons (Fsp3) is 1.00.